The lowest BCUT2D eigenvalue weighted by atomic mass is 10.1. The van der Waals surface area contributed by atoms with Crippen molar-refractivity contribution in [2.75, 3.05) is 19.6 Å². The second kappa shape index (κ2) is 7.65. The van der Waals surface area contributed by atoms with E-state index in [1.165, 1.54) is 5.56 Å². The van der Waals surface area contributed by atoms with Crippen LogP contribution in [0.4, 0.5) is 0 Å². The number of carbonyl (C=O) groups is 1. The zero-order valence-electron chi connectivity index (χ0n) is 12.1. The molecule has 20 heavy (non-hydrogen) atoms. The van der Waals surface area contributed by atoms with Crippen LogP contribution in [0.2, 0.25) is 5.02 Å². The van der Waals surface area contributed by atoms with Crippen LogP contribution in [0.1, 0.15) is 31.7 Å². The summed E-state index contributed by atoms with van der Waals surface area (Å²) in [4.78, 5) is 14.5. The molecule has 4 heteroatoms. The lowest BCUT2D eigenvalue weighted by Gasteiger charge is -2.28. The first-order valence-corrected chi connectivity index (χ1v) is 7.83. The summed E-state index contributed by atoms with van der Waals surface area (Å²) in [5, 5.41) is 4.08. The van der Waals surface area contributed by atoms with Gasteiger partial charge in [0.05, 0.1) is 0 Å². The Kier molecular flexibility index (Phi) is 5.86. The van der Waals surface area contributed by atoms with Crippen LogP contribution in [0.15, 0.2) is 24.3 Å². The predicted octanol–water partition coefficient (Wildman–Crippen LogP) is 2.87. The summed E-state index contributed by atoms with van der Waals surface area (Å²) in [7, 11) is 0. The van der Waals surface area contributed by atoms with Gasteiger partial charge in [-0.25, -0.2) is 0 Å². The second-order valence-electron chi connectivity index (χ2n) is 5.36. The molecule has 1 aliphatic heterocycles. The number of halogens is 1. The summed E-state index contributed by atoms with van der Waals surface area (Å²) in [6, 6.07) is 8.14. The van der Waals surface area contributed by atoms with Crippen molar-refractivity contribution in [2.24, 2.45) is 0 Å². The quantitative estimate of drug-likeness (QED) is 0.875. The summed E-state index contributed by atoms with van der Waals surface area (Å²) in [5.41, 5.74) is 1.17. The van der Waals surface area contributed by atoms with Crippen LogP contribution in [0.5, 0.6) is 0 Å². The molecular weight excluding hydrogens is 272 g/mol. The zero-order chi connectivity index (χ0) is 14.4. The molecular formula is C16H23ClN2O. The number of nitrogens with zero attached hydrogens (tertiary/aromatic N) is 1. The van der Waals surface area contributed by atoms with Gasteiger partial charge in [0, 0.05) is 30.6 Å². The topological polar surface area (TPSA) is 32.3 Å². The van der Waals surface area contributed by atoms with Crippen LogP contribution in [-0.2, 0) is 11.2 Å². The van der Waals surface area contributed by atoms with Crippen molar-refractivity contribution in [3.05, 3.63) is 34.9 Å². The van der Waals surface area contributed by atoms with E-state index in [-0.39, 0.29) is 5.91 Å². The van der Waals surface area contributed by atoms with Gasteiger partial charge in [-0.05, 0) is 43.5 Å². The first-order valence-electron chi connectivity index (χ1n) is 7.45. The first kappa shape index (κ1) is 15.3. The Morgan fingerprint density at radius 3 is 2.75 bits per heavy atom. The second-order valence-corrected chi connectivity index (χ2v) is 5.80. The van der Waals surface area contributed by atoms with Crippen molar-refractivity contribution in [3.8, 4) is 0 Å². The molecule has 0 aliphatic carbocycles. The molecule has 0 saturated carbocycles. The average Bonchev–Trinajstić information content (AvgIpc) is 2.97. The lowest BCUT2D eigenvalue weighted by Crippen LogP contribution is -2.42. The van der Waals surface area contributed by atoms with E-state index in [4.69, 9.17) is 11.6 Å². The molecule has 1 amide bonds. The highest BCUT2D eigenvalue weighted by Crippen LogP contribution is 2.14. The standard InChI is InChI=1S/C16H23ClN2O/c1-2-11-19(15-9-10-18-12-15)16(20)8-5-13-3-6-14(17)7-4-13/h3-4,6-7,15,18H,2,5,8-12H2,1H3. The van der Waals surface area contributed by atoms with Crippen LogP contribution >= 0.6 is 11.6 Å². The van der Waals surface area contributed by atoms with Crippen molar-refractivity contribution >= 4 is 17.5 Å². The van der Waals surface area contributed by atoms with Gasteiger partial charge in [0.25, 0.3) is 0 Å². The minimum Gasteiger partial charge on any atom is -0.338 e. The fourth-order valence-corrected chi connectivity index (χ4v) is 2.83. The van der Waals surface area contributed by atoms with Gasteiger partial charge in [-0.15, -0.1) is 0 Å². The van der Waals surface area contributed by atoms with Crippen LogP contribution in [0, 0.1) is 0 Å². The summed E-state index contributed by atoms with van der Waals surface area (Å²) in [6.07, 6.45) is 3.46. The molecule has 0 radical (unpaired) electrons. The first-order chi connectivity index (χ1) is 9.70. The largest absolute Gasteiger partial charge is 0.338 e. The van der Waals surface area contributed by atoms with Crippen molar-refractivity contribution in [2.45, 2.75) is 38.6 Å². The molecule has 110 valence electrons. The molecule has 3 nitrogen and oxygen atoms in total. The number of nitrogens with one attached hydrogen (secondary N) is 1. The van der Waals surface area contributed by atoms with E-state index < -0.39 is 0 Å². The van der Waals surface area contributed by atoms with E-state index in [0.29, 0.717) is 12.5 Å². The van der Waals surface area contributed by atoms with E-state index in [1.54, 1.807) is 0 Å². The van der Waals surface area contributed by atoms with Gasteiger partial charge < -0.3 is 10.2 Å². The molecule has 1 aliphatic rings. The monoisotopic (exact) mass is 294 g/mol. The highest BCUT2D eigenvalue weighted by atomic mass is 35.5. The Morgan fingerprint density at radius 2 is 2.15 bits per heavy atom. The van der Waals surface area contributed by atoms with Crippen molar-refractivity contribution in [1.82, 2.24) is 10.2 Å². The van der Waals surface area contributed by atoms with Gasteiger partial charge in [0.1, 0.15) is 0 Å². The van der Waals surface area contributed by atoms with E-state index >= 15 is 0 Å². The molecule has 1 fully saturated rings. The molecule has 1 aromatic rings. The Labute approximate surface area is 126 Å². The SMILES string of the molecule is CCCN(C(=O)CCc1ccc(Cl)cc1)C1CCNC1. The Hall–Kier alpha value is -1.06. The number of hydrogen-bond donors (Lipinski definition) is 1. The number of hydrogen-bond acceptors (Lipinski definition) is 2. The van der Waals surface area contributed by atoms with E-state index in [9.17, 15) is 4.79 Å². The zero-order valence-corrected chi connectivity index (χ0v) is 12.8. The van der Waals surface area contributed by atoms with Gasteiger partial charge in [-0.3, -0.25) is 4.79 Å². The maximum Gasteiger partial charge on any atom is 0.223 e. The van der Waals surface area contributed by atoms with Gasteiger partial charge in [-0.2, -0.15) is 0 Å². The molecule has 1 saturated heterocycles. The highest BCUT2D eigenvalue weighted by Gasteiger charge is 2.25. The molecule has 1 atom stereocenters. The van der Waals surface area contributed by atoms with Crippen molar-refractivity contribution in [3.63, 3.8) is 0 Å². The highest BCUT2D eigenvalue weighted by molar-refractivity contribution is 6.30. The molecule has 0 aromatic heterocycles. The van der Waals surface area contributed by atoms with Gasteiger partial charge in [0.2, 0.25) is 5.91 Å². The molecule has 1 unspecified atom stereocenters. The lowest BCUT2D eigenvalue weighted by molar-refractivity contribution is -0.133. The molecule has 0 spiro atoms. The molecule has 1 aromatic carbocycles. The predicted molar refractivity (Wildman–Crippen MR) is 83.1 cm³/mol. The number of carbonyl (C=O) groups excluding carboxylic acids is 1. The summed E-state index contributed by atoms with van der Waals surface area (Å²) in [6.45, 7) is 4.95. The maximum atomic E-state index is 12.4. The van der Waals surface area contributed by atoms with Gasteiger partial charge in [0.15, 0.2) is 0 Å². The molecule has 2 rings (SSSR count). The summed E-state index contributed by atoms with van der Waals surface area (Å²) >= 11 is 5.87. The Morgan fingerprint density at radius 1 is 1.40 bits per heavy atom. The third-order valence-electron chi connectivity index (χ3n) is 3.80. The summed E-state index contributed by atoms with van der Waals surface area (Å²) in [5.74, 6) is 0.274. The van der Waals surface area contributed by atoms with E-state index in [0.717, 1.165) is 43.9 Å². The number of amides is 1. The van der Waals surface area contributed by atoms with Crippen LogP contribution < -0.4 is 5.32 Å². The van der Waals surface area contributed by atoms with E-state index in [1.807, 2.05) is 24.3 Å². The minimum atomic E-state index is 0.274. The van der Waals surface area contributed by atoms with E-state index in [2.05, 4.69) is 17.1 Å². The van der Waals surface area contributed by atoms with Crippen LogP contribution in [-0.4, -0.2) is 36.5 Å². The van der Waals surface area contributed by atoms with Crippen molar-refractivity contribution < 1.29 is 4.79 Å². The number of rotatable bonds is 6. The molecule has 1 heterocycles. The van der Waals surface area contributed by atoms with Gasteiger partial charge >= 0.3 is 0 Å². The number of benzene rings is 1. The Bertz CT molecular complexity index is 427. The minimum absolute atomic E-state index is 0.274. The van der Waals surface area contributed by atoms with Gasteiger partial charge in [-0.1, -0.05) is 30.7 Å². The molecule has 1 N–H and O–H groups in total. The van der Waals surface area contributed by atoms with Crippen LogP contribution in [0.25, 0.3) is 0 Å². The fraction of sp³-hybridized carbons (Fsp3) is 0.562. The number of aryl methyl sites for hydroxylation is 1. The average molecular weight is 295 g/mol. The Balaban J connectivity index is 1.89. The third kappa shape index (κ3) is 4.22. The third-order valence-corrected chi connectivity index (χ3v) is 4.05. The van der Waals surface area contributed by atoms with Crippen LogP contribution in [0.3, 0.4) is 0 Å². The molecule has 0 bridgehead atoms. The van der Waals surface area contributed by atoms with Crippen molar-refractivity contribution in [1.29, 1.82) is 0 Å². The fourth-order valence-electron chi connectivity index (χ4n) is 2.70. The summed E-state index contributed by atoms with van der Waals surface area (Å²) < 4.78 is 0. The normalized spacial score (nSPS) is 18.2. The maximum absolute atomic E-state index is 12.4. The smallest absolute Gasteiger partial charge is 0.223 e.